The summed E-state index contributed by atoms with van der Waals surface area (Å²) >= 11 is 5.86. The predicted molar refractivity (Wildman–Crippen MR) is 72.2 cm³/mol. The number of rotatable bonds is 6. The van der Waals surface area contributed by atoms with Crippen molar-refractivity contribution >= 4 is 23.5 Å². The number of hydrogen-bond donors (Lipinski definition) is 2. The lowest BCUT2D eigenvalue weighted by atomic mass is 9.97. The normalized spacial score (nSPS) is 12.2. The molecule has 6 heteroatoms. The first-order valence-electron chi connectivity index (χ1n) is 6.02. The lowest BCUT2D eigenvalue weighted by molar-refractivity contribution is -0.142. The topological polar surface area (TPSA) is 79.3 Å². The van der Waals surface area contributed by atoms with Crippen LogP contribution in [0.5, 0.6) is 0 Å². The first-order chi connectivity index (χ1) is 8.91. The Hall–Kier alpha value is -1.62. The van der Waals surface area contributed by atoms with Crippen LogP contribution in [0.1, 0.15) is 30.6 Å². The van der Waals surface area contributed by atoms with E-state index in [1.807, 2.05) is 13.8 Å². The number of amides is 1. The van der Waals surface area contributed by atoms with Gasteiger partial charge in [-0.3, -0.25) is 14.6 Å². The molecule has 1 aromatic rings. The number of halogens is 1. The molecule has 0 saturated carbocycles. The zero-order chi connectivity index (χ0) is 14.4. The zero-order valence-electron chi connectivity index (χ0n) is 10.9. The molecule has 0 spiro atoms. The van der Waals surface area contributed by atoms with E-state index in [1.54, 1.807) is 0 Å². The van der Waals surface area contributed by atoms with E-state index in [1.165, 1.54) is 18.5 Å². The molecule has 0 aliphatic rings. The Morgan fingerprint density at radius 3 is 2.68 bits per heavy atom. The third-order valence-electron chi connectivity index (χ3n) is 2.63. The van der Waals surface area contributed by atoms with Gasteiger partial charge in [0.1, 0.15) is 0 Å². The Morgan fingerprint density at radius 1 is 1.47 bits per heavy atom. The molecular formula is C13H17ClN2O3. The Labute approximate surface area is 117 Å². The van der Waals surface area contributed by atoms with Gasteiger partial charge in [-0.05, 0) is 18.4 Å². The fraction of sp³-hybridized carbons (Fsp3) is 0.462. The van der Waals surface area contributed by atoms with Gasteiger partial charge in [0.25, 0.3) is 5.91 Å². The molecule has 1 amide bonds. The average molecular weight is 285 g/mol. The molecule has 1 aromatic heterocycles. The van der Waals surface area contributed by atoms with Crippen molar-refractivity contribution in [3.63, 3.8) is 0 Å². The highest BCUT2D eigenvalue weighted by molar-refractivity contribution is 6.33. The minimum Gasteiger partial charge on any atom is -0.481 e. The predicted octanol–water partition coefficient (Wildman–Crippen LogP) is 2.21. The molecule has 1 atom stereocenters. The van der Waals surface area contributed by atoms with E-state index < -0.39 is 17.8 Å². The Kier molecular flexibility index (Phi) is 5.76. The number of nitrogens with one attached hydrogen (secondary N) is 1. The van der Waals surface area contributed by atoms with Gasteiger partial charge in [-0.25, -0.2) is 0 Å². The molecule has 0 aliphatic carbocycles. The molecule has 1 heterocycles. The number of carbonyl (C=O) groups is 2. The van der Waals surface area contributed by atoms with Crippen molar-refractivity contribution in [3.8, 4) is 0 Å². The van der Waals surface area contributed by atoms with E-state index in [4.69, 9.17) is 16.7 Å². The fourth-order valence-electron chi connectivity index (χ4n) is 1.70. The number of aromatic nitrogens is 1. The lowest BCUT2D eigenvalue weighted by Crippen LogP contribution is -2.33. The monoisotopic (exact) mass is 284 g/mol. The zero-order valence-corrected chi connectivity index (χ0v) is 11.6. The van der Waals surface area contributed by atoms with E-state index in [0.29, 0.717) is 11.4 Å². The number of aliphatic carboxylic acids is 1. The maximum atomic E-state index is 11.8. The van der Waals surface area contributed by atoms with Gasteiger partial charge in [-0.1, -0.05) is 25.4 Å². The standard InChI is InChI=1S/C13H17ClN2O3/c1-8(2)5-9(13(18)19)6-16-12(17)10-7-15-4-3-11(10)14/h3-4,7-9H,5-6H2,1-2H3,(H,16,17)(H,18,19). The van der Waals surface area contributed by atoms with Crippen LogP contribution < -0.4 is 5.32 Å². The van der Waals surface area contributed by atoms with Gasteiger partial charge in [0.2, 0.25) is 0 Å². The molecule has 0 radical (unpaired) electrons. The summed E-state index contributed by atoms with van der Waals surface area (Å²) in [4.78, 5) is 26.7. The Bertz CT molecular complexity index is 463. The Morgan fingerprint density at radius 2 is 2.16 bits per heavy atom. The van der Waals surface area contributed by atoms with E-state index in [-0.39, 0.29) is 18.0 Å². The third kappa shape index (κ3) is 4.87. The molecule has 0 aromatic carbocycles. The number of carbonyl (C=O) groups excluding carboxylic acids is 1. The third-order valence-corrected chi connectivity index (χ3v) is 2.96. The van der Waals surface area contributed by atoms with Crippen LogP contribution >= 0.6 is 11.6 Å². The van der Waals surface area contributed by atoms with Crippen LogP contribution in [-0.4, -0.2) is 28.5 Å². The molecule has 1 rings (SSSR count). The van der Waals surface area contributed by atoms with Gasteiger partial charge in [-0.15, -0.1) is 0 Å². The van der Waals surface area contributed by atoms with Crippen LogP contribution in [0, 0.1) is 11.8 Å². The highest BCUT2D eigenvalue weighted by Gasteiger charge is 2.20. The van der Waals surface area contributed by atoms with E-state index >= 15 is 0 Å². The van der Waals surface area contributed by atoms with Crippen molar-refractivity contribution in [2.45, 2.75) is 20.3 Å². The molecule has 0 bridgehead atoms. The summed E-state index contributed by atoms with van der Waals surface area (Å²) in [5.41, 5.74) is 0.248. The summed E-state index contributed by atoms with van der Waals surface area (Å²) in [5, 5.41) is 11.9. The second-order valence-electron chi connectivity index (χ2n) is 4.73. The molecule has 0 aliphatic heterocycles. The summed E-state index contributed by atoms with van der Waals surface area (Å²) < 4.78 is 0. The highest BCUT2D eigenvalue weighted by Crippen LogP contribution is 2.14. The first-order valence-corrected chi connectivity index (χ1v) is 6.40. The highest BCUT2D eigenvalue weighted by atomic mass is 35.5. The number of pyridine rings is 1. The van der Waals surface area contributed by atoms with Crippen molar-refractivity contribution in [3.05, 3.63) is 29.0 Å². The SMILES string of the molecule is CC(C)CC(CNC(=O)c1cnccc1Cl)C(=O)O. The molecule has 5 nitrogen and oxygen atoms in total. The lowest BCUT2D eigenvalue weighted by Gasteiger charge is -2.15. The van der Waals surface area contributed by atoms with Gasteiger partial charge in [0.15, 0.2) is 0 Å². The van der Waals surface area contributed by atoms with Crippen LogP contribution in [-0.2, 0) is 4.79 Å². The molecule has 0 saturated heterocycles. The van der Waals surface area contributed by atoms with E-state index in [2.05, 4.69) is 10.3 Å². The Balaban J connectivity index is 2.62. The summed E-state index contributed by atoms with van der Waals surface area (Å²) in [5.74, 6) is -1.67. The van der Waals surface area contributed by atoms with Gasteiger partial charge in [-0.2, -0.15) is 0 Å². The van der Waals surface area contributed by atoms with Gasteiger partial charge in [0, 0.05) is 18.9 Å². The largest absolute Gasteiger partial charge is 0.481 e. The van der Waals surface area contributed by atoms with Crippen molar-refractivity contribution < 1.29 is 14.7 Å². The summed E-state index contributed by atoms with van der Waals surface area (Å²) in [6.45, 7) is 3.96. The van der Waals surface area contributed by atoms with E-state index in [0.717, 1.165) is 0 Å². The van der Waals surface area contributed by atoms with Crippen molar-refractivity contribution in [1.29, 1.82) is 0 Å². The summed E-state index contributed by atoms with van der Waals surface area (Å²) in [7, 11) is 0. The van der Waals surface area contributed by atoms with Gasteiger partial charge < -0.3 is 10.4 Å². The number of carboxylic acids is 1. The van der Waals surface area contributed by atoms with Gasteiger partial charge in [0.05, 0.1) is 16.5 Å². The van der Waals surface area contributed by atoms with Crippen LogP contribution in [0.2, 0.25) is 5.02 Å². The number of nitrogens with zero attached hydrogens (tertiary/aromatic N) is 1. The number of hydrogen-bond acceptors (Lipinski definition) is 3. The van der Waals surface area contributed by atoms with Crippen LogP contribution in [0.15, 0.2) is 18.5 Å². The van der Waals surface area contributed by atoms with Crippen LogP contribution in [0.3, 0.4) is 0 Å². The minimum atomic E-state index is -0.911. The quantitative estimate of drug-likeness (QED) is 0.839. The fourth-order valence-corrected chi connectivity index (χ4v) is 1.89. The smallest absolute Gasteiger partial charge is 0.308 e. The maximum absolute atomic E-state index is 11.8. The first kappa shape index (κ1) is 15.4. The van der Waals surface area contributed by atoms with Crippen molar-refractivity contribution in [2.24, 2.45) is 11.8 Å². The second kappa shape index (κ2) is 7.09. The summed E-state index contributed by atoms with van der Waals surface area (Å²) in [6.07, 6.45) is 3.35. The van der Waals surface area contributed by atoms with Crippen molar-refractivity contribution in [2.75, 3.05) is 6.54 Å². The number of carboxylic acid groups (broad SMARTS) is 1. The average Bonchev–Trinajstić information content (AvgIpc) is 2.34. The van der Waals surface area contributed by atoms with E-state index in [9.17, 15) is 9.59 Å². The van der Waals surface area contributed by atoms with Crippen LogP contribution in [0.25, 0.3) is 0 Å². The minimum absolute atomic E-state index is 0.0809. The second-order valence-corrected chi connectivity index (χ2v) is 5.14. The van der Waals surface area contributed by atoms with Crippen molar-refractivity contribution in [1.82, 2.24) is 10.3 Å². The van der Waals surface area contributed by atoms with Gasteiger partial charge >= 0.3 is 5.97 Å². The molecule has 104 valence electrons. The summed E-state index contributed by atoms with van der Waals surface area (Å²) in [6, 6.07) is 1.51. The molecule has 2 N–H and O–H groups in total. The molecule has 1 unspecified atom stereocenters. The molecule has 0 fully saturated rings. The van der Waals surface area contributed by atoms with Crippen LogP contribution in [0.4, 0.5) is 0 Å². The molecular weight excluding hydrogens is 268 g/mol. The maximum Gasteiger partial charge on any atom is 0.308 e. The molecule has 19 heavy (non-hydrogen) atoms.